The van der Waals surface area contributed by atoms with Crippen molar-refractivity contribution in [3.8, 4) is 5.75 Å². The van der Waals surface area contributed by atoms with Crippen LogP contribution < -0.4 is 10.5 Å². The van der Waals surface area contributed by atoms with E-state index in [1.54, 1.807) is 13.1 Å². The Bertz CT molecular complexity index is 585. The molecule has 0 saturated heterocycles. The zero-order chi connectivity index (χ0) is 13.1. The third kappa shape index (κ3) is 2.77. The number of nitrogens with two attached hydrogens (primary N) is 1. The van der Waals surface area contributed by atoms with Gasteiger partial charge in [-0.15, -0.1) is 10.2 Å². The highest BCUT2D eigenvalue weighted by Gasteiger charge is 2.07. The summed E-state index contributed by atoms with van der Waals surface area (Å²) in [5, 5.41) is 11.3. The summed E-state index contributed by atoms with van der Waals surface area (Å²) < 4.78 is 18.9. The van der Waals surface area contributed by atoms with Gasteiger partial charge in [0.25, 0.3) is 0 Å². The minimum Gasteiger partial charge on any atom is -0.485 e. The standard InChI is InChI=1S/C10H10FN5OS/c1-16-14-9(13-15-16)5-17-6-2-3-7(10(12)18)8(11)4-6/h2-4H,5H2,1H3,(H2,12,18). The van der Waals surface area contributed by atoms with Crippen LogP contribution in [0.2, 0.25) is 0 Å². The van der Waals surface area contributed by atoms with Crippen molar-refractivity contribution in [1.82, 2.24) is 20.2 Å². The van der Waals surface area contributed by atoms with Crippen molar-refractivity contribution >= 4 is 17.2 Å². The van der Waals surface area contributed by atoms with Gasteiger partial charge in [-0.3, -0.25) is 0 Å². The molecule has 0 aliphatic heterocycles. The molecule has 0 aliphatic rings. The van der Waals surface area contributed by atoms with Crippen molar-refractivity contribution in [1.29, 1.82) is 0 Å². The maximum absolute atomic E-state index is 13.5. The first-order valence-electron chi connectivity index (χ1n) is 5.01. The van der Waals surface area contributed by atoms with Crippen molar-refractivity contribution in [2.75, 3.05) is 0 Å². The van der Waals surface area contributed by atoms with E-state index >= 15 is 0 Å². The molecule has 0 unspecified atom stereocenters. The van der Waals surface area contributed by atoms with Crippen LogP contribution in [-0.2, 0) is 13.7 Å². The highest BCUT2D eigenvalue weighted by molar-refractivity contribution is 7.80. The largest absolute Gasteiger partial charge is 0.485 e. The van der Waals surface area contributed by atoms with Crippen LogP contribution in [0.4, 0.5) is 4.39 Å². The third-order valence-electron chi connectivity index (χ3n) is 2.12. The third-order valence-corrected chi connectivity index (χ3v) is 2.34. The van der Waals surface area contributed by atoms with Crippen LogP contribution in [0.25, 0.3) is 0 Å². The molecule has 0 spiro atoms. The normalized spacial score (nSPS) is 10.3. The van der Waals surface area contributed by atoms with E-state index in [2.05, 4.69) is 15.4 Å². The van der Waals surface area contributed by atoms with Gasteiger partial charge in [0.1, 0.15) is 16.6 Å². The molecule has 94 valence electrons. The van der Waals surface area contributed by atoms with Crippen molar-refractivity contribution in [3.63, 3.8) is 0 Å². The molecule has 2 N–H and O–H groups in total. The summed E-state index contributed by atoms with van der Waals surface area (Å²) >= 11 is 4.70. The Morgan fingerprint density at radius 3 is 2.89 bits per heavy atom. The predicted octanol–water partition coefficient (Wildman–Crippen LogP) is 0.562. The molecule has 2 aromatic rings. The van der Waals surface area contributed by atoms with Crippen molar-refractivity contribution < 1.29 is 9.13 Å². The summed E-state index contributed by atoms with van der Waals surface area (Å²) in [6, 6.07) is 4.26. The van der Waals surface area contributed by atoms with Gasteiger partial charge in [-0.2, -0.15) is 4.80 Å². The fourth-order valence-corrected chi connectivity index (χ4v) is 1.48. The van der Waals surface area contributed by atoms with Gasteiger partial charge in [0.15, 0.2) is 6.61 Å². The van der Waals surface area contributed by atoms with Crippen LogP contribution in [0.15, 0.2) is 18.2 Å². The highest BCUT2D eigenvalue weighted by atomic mass is 32.1. The van der Waals surface area contributed by atoms with Gasteiger partial charge in [0, 0.05) is 11.6 Å². The monoisotopic (exact) mass is 267 g/mol. The quantitative estimate of drug-likeness (QED) is 0.816. The Morgan fingerprint density at radius 2 is 2.33 bits per heavy atom. The minimum atomic E-state index is -0.521. The van der Waals surface area contributed by atoms with E-state index in [1.165, 1.54) is 16.9 Å². The van der Waals surface area contributed by atoms with E-state index < -0.39 is 5.82 Å². The molecule has 0 fully saturated rings. The topological polar surface area (TPSA) is 78.8 Å². The van der Waals surface area contributed by atoms with Gasteiger partial charge in [-0.25, -0.2) is 4.39 Å². The van der Waals surface area contributed by atoms with E-state index in [4.69, 9.17) is 22.7 Å². The Balaban J connectivity index is 2.06. The number of nitrogens with zero attached hydrogens (tertiary/aromatic N) is 4. The smallest absolute Gasteiger partial charge is 0.212 e. The van der Waals surface area contributed by atoms with E-state index in [-0.39, 0.29) is 17.2 Å². The summed E-state index contributed by atoms with van der Waals surface area (Å²) in [7, 11) is 1.65. The second kappa shape index (κ2) is 5.05. The van der Waals surface area contributed by atoms with E-state index in [0.29, 0.717) is 11.6 Å². The Morgan fingerprint density at radius 1 is 1.56 bits per heavy atom. The molecule has 0 bridgehead atoms. The fourth-order valence-electron chi connectivity index (χ4n) is 1.31. The Kier molecular flexibility index (Phi) is 3.47. The summed E-state index contributed by atoms with van der Waals surface area (Å²) in [5.41, 5.74) is 5.54. The lowest BCUT2D eigenvalue weighted by molar-refractivity contribution is 0.294. The van der Waals surface area contributed by atoms with Crippen molar-refractivity contribution in [2.24, 2.45) is 12.8 Å². The first kappa shape index (κ1) is 12.4. The summed E-state index contributed by atoms with van der Waals surface area (Å²) in [5.74, 6) is 0.239. The number of aryl methyl sites for hydroxylation is 1. The number of benzene rings is 1. The molecular weight excluding hydrogens is 257 g/mol. The number of ether oxygens (including phenoxy) is 1. The average molecular weight is 267 g/mol. The van der Waals surface area contributed by atoms with Crippen LogP contribution in [0.1, 0.15) is 11.4 Å². The molecule has 0 radical (unpaired) electrons. The first-order valence-corrected chi connectivity index (χ1v) is 5.42. The van der Waals surface area contributed by atoms with Gasteiger partial charge in [-0.1, -0.05) is 12.2 Å². The Labute approximate surface area is 108 Å². The van der Waals surface area contributed by atoms with Gasteiger partial charge in [0.05, 0.1) is 7.05 Å². The lowest BCUT2D eigenvalue weighted by atomic mass is 10.2. The number of halogens is 1. The molecule has 1 aromatic heterocycles. The zero-order valence-corrected chi connectivity index (χ0v) is 10.3. The number of rotatable bonds is 4. The van der Waals surface area contributed by atoms with Gasteiger partial charge < -0.3 is 10.5 Å². The van der Waals surface area contributed by atoms with Gasteiger partial charge in [-0.05, 0) is 17.3 Å². The van der Waals surface area contributed by atoms with E-state index in [0.717, 1.165) is 0 Å². The second-order valence-electron chi connectivity index (χ2n) is 3.49. The molecule has 2 rings (SSSR count). The SMILES string of the molecule is Cn1nnc(COc2ccc(C(N)=S)c(F)c2)n1. The highest BCUT2D eigenvalue weighted by Crippen LogP contribution is 2.17. The van der Waals surface area contributed by atoms with Crippen LogP contribution in [0, 0.1) is 5.82 Å². The number of hydrogen-bond donors (Lipinski definition) is 1. The predicted molar refractivity (Wildman–Crippen MR) is 65.4 cm³/mol. The first-order chi connectivity index (χ1) is 8.56. The van der Waals surface area contributed by atoms with Crippen LogP contribution >= 0.6 is 12.2 Å². The Hall–Kier alpha value is -2.09. The molecule has 0 amide bonds. The molecule has 0 atom stereocenters. The summed E-state index contributed by atoms with van der Waals surface area (Å²) in [4.78, 5) is 1.32. The van der Waals surface area contributed by atoms with Crippen LogP contribution in [0.3, 0.4) is 0 Å². The molecule has 0 saturated carbocycles. The molecular formula is C10H10FN5OS. The minimum absolute atomic E-state index is 0.00893. The average Bonchev–Trinajstić information content (AvgIpc) is 2.72. The lowest BCUT2D eigenvalue weighted by Gasteiger charge is -2.05. The summed E-state index contributed by atoms with van der Waals surface area (Å²) in [6.07, 6.45) is 0. The number of aromatic nitrogens is 4. The lowest BCUT2D eigenvalue weighted by Crippen LogP contribution is -2.11. The molecule has 8 heteroatoms. The maximum atomic E-state index is 13.5. The zero-order valence-electron chi connectivity index (χ0n) is 9.50. The maximum Gasteiger partial charge on any atom is 0.212 e. The van der Waals surface area contributed by atoms with Crippen molar-refractivity contribution in [3.05, 3.63) is 35.4 Å². The summed E-state index contributed by atoms with van der Waals surface area (Å²) in [6.45, 7) is 0.111. The molecule has 18 heavy (non-hydrogen) atoms. The van der Waals surface area contributed by atoms with Crippen LogP contribution in [0.5, 0.6) is 5.75 Å². The van der Waals surface area contributed by atoms with E-state index in [9.17, 15) is 4.39 Å². The van der Waals surface area contributed by atoms with Crippen molar-refractivity contribution in [2.45, 2.75) is 6.61 Å². The second-order valence-corrected chi connectivity index (χ2v) is 3.93. The molecule has 0 aliphatic carbocycles. The fraction of sp³-hybridized carbons (Fsp3) is 0.200. The van der Waals surface area contributed by atoms with E-state index in [1.807, 2.05) is 0 Å². The number of hydrogen-bond acceptors (Lipinski definition) is 5. The van der Waals surface area contributed by atoms with Gasteiger partial charge in [0.2, 0.25) is 5.82 Å². The van der Waals surface area contributed by atoms with Crippen LogP contribution in [-0.4, -0.2) is 25.2 Å². The molecule has 1 heterocycles. The molecule has 6 nitrogen and oxygen atoms in total. The molecule has 1 aromatic carbocycles. The number of tetrazole rings is 1. The van der Waals surface area contributed by atoms with Gasteiger partial charge >= 0.3 is 0 Å². The number of thiocarbonyl (C=S) groups is 1.